The van der Waals surface area contributed by atoms with Gasteiger partial charge in [-0.1, -0.05) is 11.8 Å². The van der Waals surface area contributed by atoms with Gasteiger partial charge >= 0.3 is 0 Å². The van der Waals surface area contributed by atoms with E-state index in [1.54, 1.807) is 0 Å². The number of imidazole rings is 1. The van der Waals surface area contributed by atoms with E-state index in [1.165, 1.54) is 18.1 Å². The predicted octanol–water partition coefficient (Wildman–Crippen LogP) is 1.73. The van der Waals surface area contributed by atoms with E-state index in [-0.39, 0.29) is 11.7 Å². The number of nitrogens with one attached hydrogen (secondary N) is 2. The smallest absolute Gasteiger partial charge is 0.234 e. The lowest BCUT2D eigenvalue weighted by Gasteiger charge is -2.12. The molecule has 8 nitrogen and oxygen atoms in total. The molecule has 0 saturated carbocycles. The van der Waals surface area contributed by atoms with Gasteiger partial charge in [0, 0.05) is 25.5 Å². The first kappa shape index (κ1) is 16.1. The molecule has 0 bridgehead atoms. The predicted molar refractivity (Wildman–Crippen MR) is 96.2 cm³/mol. The van der Waals surface area contributed by atoms with Crippen molar-refractivity contribution in [3.8, 4) is 0 Å². The van der Waals surface area contributed by atoms with Crippen molar-refractivity contribution in [2.24, 2.45) is 0 Å². The maximum absolute atomic E-state index is 12.1. The molecule has 1 amide bonds. The molecule has 24 heavy (non-hydrogen) atoms. The Bertz CT molecular complexity index is 860. The summed E-state index contributed by atoms with van der Waals surface area (Å²) in [7, 11) is 3.93. The van der Waals surface area contributed by atoms with Crippen LogP contribution in [-0.4, -0.2) is 45.7 Å². The highest BCUT2D eigenvalue weighted by Gasteiger charge is 2.10. The number of carbonyl (C=O) groups is 1. The monoisotopic (exact) mass is 343 g/mol. The van der Waals surface area contributed by atoms with Crippen molar-refractivity contribution in [3.05, 3.63) is 30.6 Å². The molecule has 0 atom stereocenters. The zero-order valence-electron chi connectivity index (χ0n) is 13.3. The number of anilines is 3. The molecule has 9 heteroatoms. The Labute approximate surface area is 142 Å². The average Bonchev–Trinajstić information content (AvgIpc) is 2.98. The Balaban J connectivity index is 1.59. The van der Waals surface area contributed by atoms with E-state index < -0.39 is 0 Å². The molecule has 2 aromatic heterocycles. The molecule has 3 aromatic rings. The number of amides is 1. The lowest BCUT2D eigenvalue weighted by molar-refractivity contribution is -0.113. The van der Waals surface area contributed by atoms with Crippen molar-refractivity contribution in [2.45, 2.75) is 5.16 Å². The third-order valence-corrected chi connectivity index (χ3v) is 4.18. The van der Waals surface area contributed by atoms with Crippen LogP contribution in [0.5, 0.6) is 0 Å². The fraction of sp³-hybridized carbons (Fsp3) is 0.200. The van der Waals surface area contributed by atoms with Crippen molar-refractivity contribution in [3.63, 3.8) is 0 Å². The molecule has 124 valence electrons. The average molecular weight is 343 g/mol. The quantitative estimate of drug-likeness (QED) is 0.605. The normalized spacial score (nSPS) is 10.8. The summed E-state index contributed by atoms with van der Waals surface area (Å²) in [5.74, 6) is 0.449. The van der Waals surface area contributed by atoms with Gasteiger partial charge in [-0.25, -0.2) is 15.0 Å². The molecule has 0 unspecified atom stereocenters. The number of nitrogens with zero attached hydrogens (tertiary/aromatic N) is 4. The van der Waals surface area contributed by atoms with Crippen molar-refractivity contribution in [1.82, 2.24) is 19.9 Å². The van der Waals surface area contributed by atoms with Gasteiger partial charge < -0.3 is 20.9 Å². The molecular weight excluding hydrogens is 326 g/mol. The van der Waals surface area contributed by atoms with Gasteiger partial charge in [0.25, 0.3) is 0 Å². The van der Waals surface area contributed by atoms with Gasteiger partial charge in [0.2, 0.25) is 5.91 Å². The van der Waals surface area contributed by atoms with Crippen molar-refractivity contribution >= 4 is 46.0 Å². The minimum atomic E-state index is -0.114. The summed E-state index contributed by atoms with van der Waals surface area (Å²) in [6.45, 7) is 0. The number of fused-ring (bicyclic) bond motifs is 1. The number of hydrogen-bond donors (Lipinski definition) is 3. The SMILES string of the molecule is CN(C)c1ccc(NC(=O)CSc2nc3ncnc(N)c3[nH]2)cc1. The van der Waals surface area contributed by atoms with Gasteiger partial charge in [-0.3, -0.25) is 4.79 Å². The Morgan fingerprint density at radius 3 is 2.71 bits per heavy atom. The van der Waals surface area contributed by atoms with Gasteiger partial charge in [0.1, 0.15) is 11.8 Å². The van der Waals surface area contributed by atoms with E-state index in [1.807, 2.05) is 43.3 Å². The second-order valence-electron chi connectivity index (χ2n) is 5.28. The number of nitrogen functional groups attached to an aromatic ring is 1. The summed E-state index contributed by atoms with van der Waals surface area (Å²) < 4.78 is 0. The molecule has 0 saturated heterocycles. The number of hydrogen-bond acceptors (Lipinski definition) is 7. The van der Waals surface area contributed by atoms with Gasteiger partial charge in [0.15, 0.2) is 16.6 Å². The van der Waals surface area contributed by atoms with Crippen LogP contribution in [-0.2, 0) is 4.79 Å². The molecule has 0 fully saturated rings. The highest BCUT2D eigenvalue weighted by atomic mass is 32.2. The highest BCUT2D eigenvalue weighted by molar-refractivity contribution is 7.99. The first-order chi connectivity index (χ1) is 11.5. The molecule has 1 aromatic carbocycles. The topological polar surface area (TPSA) is 113 Å². The van der Waals surface area contributed by atoms with Crippen LogP contribution in [0.1, 0.15) is 0 Å². The van der Waals surface area contributed by atoms with Gasteiger partial charge in [-0.2, -0.15) is 0 Å². The van der Waals surface area contributed by atoms with Crippen molar-refractivity contribution in [2.75, 3.05) is 35.8 Å². The summed E-state index contributed by atoms with van der Waals surface area (Å²) in [5, 5.41) is 3.43. The first-order valence-electron chi connectivity index (χ1n) is 7.19. The van der Waals surface area contributed by atoms with E-state index >= 15 is 0 Å². The molecule has 0 aliphatic rings. The summed E-state index contributed by atoms with van der Waals surface area (Å²) in [6.07, 6.45) is 1.36. The maximum atomic E-state index is 12.1. The second-order valence-corrected chi connectivity index (χ2v) is 6.24. The van der Waals surface area contributed by atoms with Crippen LogP contribution in [0.4, 0.5) is 17.2 Å². The largest absolute Gasteiger partial charge is 0.382 e. The molecule has 0 radical (unpaired) electrons. The Hall–Kier alpha value is -2.81. The molecule has 0 aliphatic carbocycles. The molecule has 2 heterocycles. The van der Waals surface area contributed by atoms with E-state index in [4.69, 9.17) is 5.73 Å². The van der Waals surface area contributed by atoms with E-state index in [9.17, 15) is 4.79 Å². The van der Waals surface area contributed by atoms with Gasteiger partial charge in [0.05, 0.1) is 5.75 Å². The highest BCUT2D eigenvalue weighted by Crippen LogP contribution is 2.21. The van der Waals surface area contributed by atoms with E-state index in [0.717, 1.165) is 11.4 Å². The van der Waals surface area contributed by atoms with Crippen molar-refractivity contribution in [1.29, 1.82) is 0 Å². The van der Waals surface area contributed by atoms with E-state index in [2.05, 4.69) is 25.3 Å². The molecular formula is C15H17N7OS. The van der Waals surface area contributed by atoms with Crippen LogP contribution in [0.2, 0.25) is 0 Å². The minimum Gasteiger partial charge on any atom is -0.382 e. The number of rotatable bonds is 5. The van der Waals surface area contributed by atoms with E-state index in [0.29, 0.717) is 22.1 Å². The number of aromatic nitrogens is 4. The summed E-state index contributed by atoms with van der Waals surface area (Å²) >= 11 is 1.28. The fourth-order valence-corrected chi connectivity index (χ4v) is 2.73. The van der Waals surface area contributed by atoms with Crippen LogP contribution in [0, 0.1) is 0 Å². The van der Waals surface area contributed by atoms with Crippen LogP contribution >= 0.6 is 11.8 Å². The summed E-state index contributed by atoms with van der Waals surface area (Å²) in [6, 6.07) is 7.64. The number of aromatic amines is 1. The second kappa shape index (κ2) is 6.75. The third kappa shape index (κ3) is 3.57. The van der Waals surface area contributed by atoms with Crippen LogP contribution < -0.4 is 16.0 Å². The number of benzene rings is 1. The lowest BCUT2D eigenvalue weighted by Crippen LogP contribution is -2.14. The number of thioether (sulfide) groups is 1. The Morgan fingerprint density at radius 2 is 2.04 bits per heavy atom. The number of carbonyl (C=O) groups excluding carboxylic acids is 1. The zero-order chi connectivity index (χ0) is 17.1. The van der Waals surface area contributed by atoms with Crippen molar-refractivity contribution < 1.29 is 4.79 Å². The number of nitrogens with two attached hydrogens (primary N) is 1. The van der Waals surface area contributed by atoms with Crippen LogP contribution in [0.25, 0.3) is 11.2 Å². The maximum Gasteiger partial charge on any atom is 0.234 e. The van der Waals surface area contributed by atoms with Gasteiger partial charge in [-0.15, -0.1) is 0 Å². The fourth-order valence-electron chi connectivity index (χ4n) is 2.07. The zero-order valence-corrected chi connectivity index (χ0v) is 14.1. The Kier molecular flexibility index (Phi) is 4.52. The molecule has 4 N–H and O–H groups in total. The third-order valence-electron chi connectivity index (χ3n) is 3.30. The standard InChI is InChI=1S/C15H17N7OS/c1-22(2)10-5-3-9(4-6-10)19-11(23)7-24-15-20-12-13(16)17-8-18-14(12)21-15/h3-6,8H,7H2,1-2H3,(H,19,23)(H3,16,17,18,20,21). The summed E-state index contributed by atoms with van der Waals surface area (Å²) in [4.78, 5) is 29.3. The lowest BCUT2D eigenvalue weighted by atomic mass is 10.2. The summed E-state index contributed by atoms with van der Waals surface area (Å²) in [5.41, 5.74) is 8.65. The first-order valence-corrected chi connectivity index (χ1v) is 8.17. The Morgan fingerprint density at radius 1 is 1.29 bits per heavy atom. The van der Waals surface area contributed by atoms with Crippen LogP contribution in [0.3, 0.4) is 0 Å². The minimum absolute atomic E-state index is 0.114. The molecule has 3 rings (SSSR count). The van der Waals surface area contributed by atoms with Gasteiger partial charge in [-0.05, 0) is 24.3 Å². The number of H-pyrrole nitrogens is 1. The van der Waals surface area contributed by atoms with Crippen LogP contribution in [0.15, 0.2) is 35.7 Å². The molecule has 0 aliphatic heterocycles. The molecule has 0 spiro atoms.